The molecule has 0 bridgehead atoms. The summed E-state index contributed by atoms with van der Waals surface area (Å²) in [7, 11) is 2.68. The predicted molar refractivity (Wildman–Crippen MR) is 64.7 cm³/mol. The zero-order chi connectivity index (χ0) is 13.7. The van der Waals surface area contributed by atoms with Crippen LogP contribution in [0.25, 0.3) is 0 Å². The third-order valence-corrected chi connectivity index (χ3v) is 2.32. The molecule has 7 heteroatoms. The van der Waals surface area contributed by atoms with Crippen molar-refractivity contribution in [3.05, 3.63) is 28.3 Å². The lowest BCUT2D eigenvalue weighted by molar-refractivity contribution is -0.384. The van der Waals surface area contributed by atoms with Gasteiger partial charge in [0.1, 0.15) is 11.8 Å². The highest BCUT2D eigenvalue weighted by atomic mass is 16.6. The summed E-state index contributed by atoms with van der Waals surface area (Å²) in [4.78, 5) is 21.4. The number of hydrogen-bond donors (Lipinski definition) is 1. The molecule has 7 nitrogen and oxygen atoms in total. The minimum Gasteiger partial charge on any atom is -0.494 e. The van der Waals surface area contributed by atoms with Crippen molar-refractivity contribution in [3.8, 4) is 5.75 Å². The third kappa shape index (κ3) is 3.09. The van der Waals surface area contributed by atoms with Crippen molar-refractivity contribution >= 4 is 17.3 Å². The lowest BCUT2D eigenvalue weighted by atomic mass is 10.2. The highest BCUT2D eigenvalue weighted by Crippen LogP contribution is 2.29. The maximum Gasteiger partial charge on any atom is 0.327 e. The quantitative estimate of drug-likeness (QED) is 0.487. The number of non-ortho nitro benzene ring substituents is 1. The first-order chi connectivity index (χ1) is 8.49. The molecular weight excluding hydrogens is 240 g/mol. The van der Waals surface area contributed by atoms with E-state index in [1.165, 1.54) is 32.4 Å². The van der Waals surface area contributed by atoms with Crippen molar-refractivity contribution in [2.45, 2.75) is 13.0 Å². The number of nitro benzene ring substituents is 1. The number of benzene rings is 1. The number of nitro groups is 1. The summed E-state index contributed by atoms with van der Waals surface area (Å²) >= 11 is 0. The molecule has 0 aliphatic rings. The van der Waals surface area contributed by atoms with E-state index in [-0.39, 0.29) is 5.69 Å². The summed E-state index contributed by atoms with van der Waals surface area (Å²) in [5.74, 6) is -0.143. The summed E-state index contributed by atoms with van der Waals surface area (Å²) < 4.78 is 9.60. The monoisotopic (exact) mass is 254 g/mol. The largest absolute Gasteiger partial charge is 0.494 e. The molecule has 1 aromatic rings. The first-order valence-electron chi connectivity index (χ1n) is 5.16. The number of nitrogens with one attached hydrogen (secondary N) is 1. The Kier molecular flexibility index (Phi) is 4.47. The number of anilines is 1. The van der Waals surface area contributed by atoms with Crippen molar-refractivity contribution < 1.29 is 19.2 Å². The van der Waals surface area contributed by atoms with Crippen LogP contribution < -0.4 is 10.1 Å². The Hall–Kier alpha value is -2.31. The molecule has 0 spiro atoms. The maximum atomic E-state index is 11.3. The van der Waals surface area contributed by atoms with Crippen LogP contribution in [0, 0.1) is 10.1 Å². The maximum absolute atomic E-state index is 11.3. The molecule has 0 aromatic heterocycles. The third-order valence-electron chi connectivity index (χ3n) is 2.32. The number of hydrogen-bond acceptors (Lipinski definition) is 6. The van der Waals surface area contributed by atoms with Crippen LogP contribution >= 0.6 is 0 Å². The zero-order valence-electron chi connectivity index (χ0n) is 10.3. The lowest BCUT2D eigenvalue weighted by Crippen LogP contribution is -2.27. The van der Waals surface area contributed by atoms with Gasteiger partial charge in [-0.25, -0.2) is 4.79 Å². The molecule has 0 aliphatic carbocycles. The van der Waals surface area contributed by atoms with Crippen LogP contribution in [0.2, 0.25) is 0 Å². The van der Waals surface area contributed by atoms with Crippen molar-refractivity contribution in [1.29, 1.82) is 0 Å². The van der Waals surface area contributed by atoms with E-state index in [0.717, 1.165) is 0 Å². The van der Waals surface area contributed by atoms with Crippen molar-refractivity contribution in [2.75, 3.05) is 19.5 Å². The molecule has 0 amide bonds. The Balaban J connectivity index is 2.96. The Bertz CT molecular complexity index is 461. The topological polar surface area (TPSA) is 90.7 Å². The van der Waals surface area contributed by atoms with Gasteiger partial charge in [-0.2, -0.15) is 0 Å². The predicted octanol–water partition coefficient (Wildman–Crippen LogP) is 1.58. The van der Waals surface area contributed by atoms with Gasteiger partial charge in [-0.05, 0) is 13.0 Å². The highest BCUT2D eigenvalue weighted by molar-refractivity contribution is 5.79. The summed E-state index contributed by atoms with van der Waals surface area (Å²) in [6, 6.07) is 3.52. The van der Waals surface area contributed by atoms with Gasteiger partial charge in [0.2, 0.25) is 0 Å². The second-order valence-corrected chi connectivity index (χ2v) is 3.53. The molecule has 0 heterocycles. The molecule has 1 aromatic carbocycles. The SMILES string of the molecule is COC(=O)C(C)Nc1ccc([N+](=O)[O-])cc1OC. The number of methoxy groups -OCH3 is 2. The van der Waals surface area contributed by atoms with Crippen LogP contribution in [0.5, 0.6) is 5.75 Å². The van der Waals surface area contributed by atoms with E-state index in [1.54, 1.807) is 6.92 Å². The summed E-state index contributed by atoms with van der Waals surface area (Å²) in [6.45, 7) is 1.62. The van der Waals surface area contributed by atoms with Gasteiger partial charge >= 0.3 is 5.97 Å². The average molecular weight is 254 g/mol. The Morgan fingerprint density at radius 2 is 2.11 bits per heavy atom. The van der Waals surface area contributed by atoms with Crippen molar-refractivity contribution in [2.24, 2.45) is 0 Å². The standard InChI is InChI=1S/C11H14N2O5/c1-7(11(14)18-3)12-9-5-4-8(13(15)16)6-10(9)17-2/h4-7,12H,1-3H3. The minimum atomic E-state index is -0.578. The molecule has 0 radical (unpaired) electrons. The first-order valence-corrected chi connectivity index (χ1v) is 5.16. The number of carbonyl (C=O) groups excluding carboxylic acids is 1. The second kappa shape index (κ2) is 5.85. The molecule has 98 valence electrons. The molecular formula is C11H14N2O5. The fourth-order valence-electron chi connectivity index (χ4n) is 1.38. The van der Waals surface area contributed by atoms with E-state index in [2.05, 4.69) is 10.1 Å². The number of ether oxygens (including phenoxy) is 2. The molecule has 0 aliphatic heterocycles. The molecule has 1 unspecified atom stereocenters. The number of nitrogens with zero attached hydrogens (tertiary/aromatic N) is 1. The van der Waals surface area contributed by atoms with Crippen LogP contribution in [0.4, 0.5) is 11.4 Å². The van der Waals surface area contributed by atoms with Gasteiger partial charge in [-0.15, -0.1) is 0 Å². The van der Waals surface area contributed by atoms with E-state index in [1.807, 2.05) is 0 Å². The summed E-state index contributed by atoms with van der Waals surface area (Å²) in [5.41, 5.74) is 0.407. The second-order valence-electron chi connectivity index (χ2n) is 3.53. The molecule has 1 N–H and O–H groups in total. The van der Waals surface area contributed by atoms with E-state index >= 15 is 0 Å². The van der Waals surface area contributed by atoms with E-state index in [9.17, 15) is 14.9 Å². The number of esters is 1. The molecule has 0 fully saturated rings. The number of rotatable bonds is 5. The van der Waals surface area contributed by atoms with Gasteiger partial charge in [0.15, 0.2) is 0 Å². The van der Waals surface area contributed by atoms with Gasteiger partial charge in [-0.3, -0.25) is 10.1 Å². The van der Waals surface area contributed by atoms with Crippen LogP contribution in [-0.4, -0.2) is 31.2 Å². The lowest BCUT2D eigenvalue weighted by Gasteiger charge is -2.15. The molecule has 0 saturated heterocycles. The first kappa shape index (κ1) is 13.8. The van der Waals surface area contributed by atoms with Crippen LogP contribution in [0.3, 0.4) is 0 Å². The Labute approximate surface area is 104 Å². The normalized spacial score (nSPS) is 11.5. The van der Waals surface area contributed by atoms with Crippen molar-refractivity contribution in [3.63, 3.8) is 0 Å². The van der Waals surface area contributed by atoms with Crippen LogP contribution in [0.1, 0.15) is 6.92 Å². The van der Waals surface area contributed by atoms with Crippen molar-refractivity contribution in [1.82, 2.24) is 0 Å². The van der Waals surface area contributed by atoms with Crippen LogP contribution in [0.15, 0.2) is 18.2 Å². The highest BCUT2D eigenvalue weighted by Gasteiger charge is 2.17. The summed E-state index contributed by atoms with van der Waals surface area (Å²) in [6.07, 6.45) is 0. The Morgan fingerprint density at radius 3 is 2.61 bits per heavy atom. The number of carbonyl (C=O) groups is 1. The zero-order valence-corrected chi connectivity index (χ0v) is 10.3. The minimum absolute atomic E-state index is 0.0804. The molecule has 0 saturated carbocycles. The Morgan fingerprint density at radius 1 is 1.44 bits per heavy atom. The average Bonchev–Trinajstić information content (AvgIpc) is 2.37. The molecule has 1 rings (SSSR count). The van der Waals surface area contributed by atoms with E-state index in [0.29, 0.717) is 11.4 Å². The van der Waals surface area contributed by atoms with Gasteiger partial charge in [0, 0.05) is 6.07 Å². The smallest absolute Gasteiger partial charge is 0.327 e. The van der Waals surface area contributed by atoms with Gasteiger partial charge in [-0.1, -0.05) is 0 Å². The van der Waals surface area contributed by atoms with Gasteiger partial charge in [0.05, 0.1) is 30.9 Å². The molecule has 18 heavy (non-hydrogen) atoms. The summed E-state index contributed by atoms with van der Waals surface area (Å²) in [5, 5.41) is 13.5. The molecule has 1 atom stereocenters. The van der Waals surface area contributed by atoms with Gasteiger partial charge < -0.3 is 14.8 Å². The fourth-order valence-corrected chi connectivity index (χ4v) is 1.38. The van der Waals surface area contributed by atoms with E-state index < -0.39 is 16.9 Å². The van der Waals surface area contributed by atoms with Crippen LogP contribution in [-0.2, 0) is 9.53 Å². The van der Waals surface area contributed by atoms with E-state index in [4.69, 9.17) is 4.74 Å². The fraction of sp³-hybridized carbons (Fsp3) is 0.364. The van der Waals surface area contributed by atoms with Gasteiger partial charge in [0.25, 0.3) is 5.69 Å².